The van der Waals surface area contributed by atoms with Crippen LogP contribution in [0, 0.1) is 0 Å². The minimum atomic E-state index is 0.776. The second kappa shape index (κ2) is 4.35. The third-order valence-electron chi connectivity index (χ3n) is 2.30. The summed E-state index contributed by atoms with van der Waals surface area (Å²) in [6.45, 7) is 0. The predicted octanol–water partition coefficient (Wildman–Crippen LogP) is 5.13. The molecule has 0 bridgehead atoms. The largest absolute Gasteiger partial charge is 0.399 e. The van der Waals surface area contributed by atoms with Crippen LogP contribution < -0.4 is 5.73 Å². The summed E-state index contributed by atoms with van der Waals surface area (Å²) in [7, 11) is 0. The molecule has 2 aromatic heterocycles. The molecule has 1 aromatic carbocycles. The topological polar surface area (TPSA) is 38.9 Å². The summed E-state index contributed by atoms with van der Waals surface area (Å²) >= 11 is 10.3. The number of hydrogen-bond acceptors (Lipinski definition) is 4. The SMILES string of the molecule is Nc1ccc2nc(-c3cc(Br)sc3Br)sc2c1. The lowest BCUT2D eigenvalue weighted by molar-refractivity contribution is 1.49. The van der Waals surface area contributed by atoms with Crippen molar-refractivity contribution in [2.45, 2.75) is 0 Å². The summed E-state index contributed by atoms with van der Waals surface area (Å²) in [5, 5.41) is 1.01. The van der Waals surface area contributed by atoms with Gasteiger partial charge in [0.15, 0.2) is 0 Å². The van der Waals surface area contributed by atoms with Crippen molar-refractivity contribution in [1.29, 1.82) is 0 Å². The quantitative estimate of drug-likeness (QED) is 0.585. The molecular weight excluding hydrogens is 384 g/mol. The fourth-order valence-electron chi connectivity index (χ4n) is 1.54. The molecule has 0 aliphatic heterocycles. The highest BCUT2D eigenvalue weighted by Crippen LogP contribution is 2.41. The number of halogens is 2. The molecule has 0 unspecified atom stereocenters. The monoisotopic (exact) mass is 388 g/mol. The van der Waals surface area contributed by atoms with Crippen LogP contribution in [-0.4, -0.2) is 4.98 Å². The predicted molar refractivity (Wildman–Crippen MR) is 82.7 cm³/mol. The zero-order valence-electron chi connectivity index (χ0n) is 8.41. The van der Waals surface area contributed by atoms with Crippen LogP contribution in [0.2, 0.25) is 0 Å². The Morgan fingerprint density at radius 1 is 1.12 bits per heavy atom. The molecule has 3 rings (SSSR count). The lowest BCUT2D eigenvalue weighted by Crippen LogP contribution is -1.81. The van der Waals surface area contributed by atoms with Crippen molar-refractivity contribution in [1.82, 2.24) is 4.98 Å². The van der Waals surface area contributed by atoms with Crippen molar-refractivity contribution in [3.8, 4) is 10.6 Å². The first-order valence-electron chi connectivity index (χ1n) is 4.75. The molecule has 0 aliphatic rings. The highest BCUT2D eigenvalue weighted by molar-refractivity contribution is 9.12. The molecule has 6 heteroatoms. The molecule has 0 aliphatic carbocycles. The van der Waals surface area contributed by atoms with Crippen molar-refractivity contribution in [3.63, 3.8) is 0 Å². The Morgan fingerprint density at radius 3 is 2.65 bits per heavy atom. The highest BCUT2D eigenvalue weighted by atomic mass is 79.9. The molecule has 0 amide bonds. The van der Waals surface area contributed by atoms with E-state index in [1.807, 2.05) is 18.2 Å². The maximum Gasteiger partial charge on any atom is 0.126 e. The Kier molecular flexibility index (Phi) is 2.98. The van der Waals surface area contributed by atoms with Crippen LogP contribution in [-0.2, 0) is 0 Å². The molecule has 3 aromatic rings. The highest BCUT2D eigenvalue weighted by Gasteiger charge is 2.12. The fourth-order valence-corrected chi connectivity index (χ4v) is 5.58. The molecular formula is C11H6Br2N2S2. The maximum absolute atomic E-state index is 5.77. The van der Waals surface area contributed by atoms with Gasteiger partial charge in [0.05, 0.1) is 17.8 Å². The van der Waals surface area contributed by atoms with Gasteiger partial charge in [-0.05, 0) is 56.1 Å². The molecule has 0 fully saturated rings. The molecule has 0 saturated carbocycles. The summed E-state index contributed by atoms with van der Waals surface area (Å²) < 4.78 is 3.31. The summed E-state index contributed by atoms with van der Waals surface area (Å²) in [5.41, 5.74) is 8.67. The van der Waals surface area contributed by atoms with E-state index in [1.54, 1.807) is 22.7 Å². The molecule has 2 nitrogen and oxygen atoms in total. The average molecular weight is 390 g/mol. The molecule has 0 radical (unpaired) electrons. The smallest absolute Gasteiger partial charge is 0.126 e. The van der Waals surface area contributed by atoms with Crippen molar-refractivity contribution in [3.05, 3.63) is 31.8 Å². The van der Waals surface area contributed by atoms with Crippen molar-refractivity contribution in [2.24, 2.45) is 0 Å². The van der Waals surface area contributed by atoms with Crippen molar-refractivity contribution < 1.29 is 0 Å². The number of anilines is 1. The number of nitrogens with two attached hydrogens (primary N) is 1. The van der Waals surface area contributed by atoms with E-state index in [-0.39, 0.29) is 0 Å². The van der Waals surface area contributed by atoms with Gasteiger partial charge in [-0.25, -0.2) is 4.98 Å². The molecule has 2 N–H and O–H groups in total. The van der Waals surface area contributed by atoms with E-state index in [4.69, 9.17) is 5.73 Å². The molecule has 0 spiro atoms. The molecule has 0 atom stereocenters. The minimum absolute atomic E-state index is 0.776. The summed E-state index contributed by atoms with van der Waals surface area (Å²) in [6, 6.07) is 7.88. The van der Waals surface area contributed by atoms with E-state index in [9.17, 15) is 0 Å². The van der Waals surface area contributed by atoms with Crippen molar-refractivity contribution >= 4 is 70.4 Å². The van der Waals surface area contributed by atoms with Crippen LogP contribution in [0.1, 0.15) is 0 Å². The van der Waals surface area contributed by atoms with Gasteiger partial charge < -0.3 is 5.73 Å². The first kappa shape index (κ1) is 11.6. The number of benzene rings is 1. The van der Waals surface area contributed by atoms with Gasteiger partial charge in [0.1, 0.15) is 5.01 Å². The van der Waals surface area contributed by atoms with Gasteiger partial charge in [-0.2, -0.15) is 0 Å². The van der Waals surface area contributed by atoms with E-state index >= 15 is 0 Å². The fraction of sp³-hybridized carbons (Fsp3) is 0. The Bertz CT molecular complexity index is 703. The zero-order valence-corrected chi connectivity index (χ0v) is 13.2. The van der Waals surface area contributed by atoms with Crippen LogP contribution in [0.5, 0.6) is 0 Å². The molecule has 0 saturated heterocycles. The Morgan fingerprint density at radius 2 is 1.94 bits per heavy atom. The van der Waals surface area contributed by atoms with Crippen molar-refractivity contribution in [2.75, 3.05) is 5.73 Å². The van der Waals surface area contributed by atoms with E-state index in [0.29, 0.717) is 0 Å². The van der Waals surface area contributed by atoms with E-state index in [2.05, 4.69) is 42.9 Å². The molecule has 86 valence electrons. The first-order chi connectivity index (χ1) is 8.13. The molecule has 17 heavy (non-hydrogen) atoms. The normalized spacial score (nSPS) is 11.2. The number of fused-ring (bicyclic) bond motifs is 1. The third-order valence-corrected chi connectivity index (χ3v) is 5.69. The number of thiazole rings is 1. The van der Waals surface area contributed by atoms with E-state index in [1.165, 1.54) is 0 Å². The van der Waals surface area contributed by atoms with Crippen LogP contribution in [0.3, 0.4) is 0 Å². The Hall–Kier alpha value is -0.430. The first-order valence-corrected chi connectivity index (χ1v) is 7.96. The Balaban J connectivity index is 2.21. The van der Waals surface area contributed by atoms with Gasteiger partial charge in [-0.15, -0.1) is 22.7 Å². The van der Waals surface area contributed by atoms with Gasteiger partial charge in [0.2, 0.25) is 0 Å². The van der Waals surface area contributed by atoms with Crippen LogP contribution in [0.4, 0.5) is 5.69 Å². The maximum atomic E-state index is 5.77. The van der Waals surface area contributed by atoms with Crippen LogP contribution in [0.25, 0.3) is 20.8 Å². The van der Waals surface area contributed by atoms with Gasteiger partial charge in [0, 0.05) is 11.3 Å². The summed E-state index contributed by atoms with van der Waals surface area (Å²) in [5.74, 6) is 0. The lowest BCUT2D eigenvalue weighted by Gasteiger charge is -1.89. The van der Waals surface area contributed by atoms with Crippen LogP contribution >= 0.6 is 54.5 Å². The summed E-state index contributed by atoms with van der Waals surface area (Å²) in [4.78, 5) is 4.62. The minimum Gasteiger partial charge on any atom is -0.399 e. The standard InChI is InChI=1S/C11H6Br2N2S2/c12-9-4-6(10(13)17-9)11-15-7-2-1-5(14)3-8(7)16-11/h1-4H,14H2. The zero-order chi connectivity index (χ0) is 12.0. The van der Waals surface area contributed by atoms with Crippen LogP contribution in [0.15, 0.2) is 31.8 Å². The second-order valence-corrected chi connectivity index (χ2v) is 8.26. The number of nitrogen functional groups attached to an aromatic ring is 1. The Labute approximate surface area is 123 Å². The van der Waals surface area contributed by atoms with Gasteiger partial charge >= 0.3 is 0 Å². The summed E-state index contributed by atoms with van der Waals surface area (Å²) in [6.07, 6.45) is 0. The van der Waals surface area contributed by atoms with Gasteiger partial charge in [-0.1, -0.05) is 0 Å². The lowest BCUT2D eigenvalue weighted by atomic mass is 10.3. The number of rotatable bonds is 1. The third kappa shape index (κ3) is 2.14. The number of nitrogens with zero attached hydrogens (tertiary/aromatic N) is 1. The second-order valence-electron chi connectivity index (χ2n) is 3.48. The molecule has 2 heterocycles. The van der Waals surface area contributed by atoms with E-state index < -0.39 is 0 Å². The van der Waals surface area contributed by atoms with Gasteiger partial charge in [0.25, 0.3) is 0 Å². The number of hydrogen-bond donors (Lipinski definition) is 1. The number of thiophene rings is 1. The van der Waals surface area contributed by atoms with E-state index in [0.717, 1.165) is 34.0 Å². The number of aromatic nitrogens is 1. The average Bonchev–Trinajstić information content (AvgIpc) is 2.80. The van der Waals surface area contributed by atoms with Gasteiger partial charge in [-0.3, -0.25) is 0 Å².